The molecule has 0 saturated carbocycles. The molecule has 0 fully saturated rings. The Kier molecular flexibility index (Phi) is 20.4. The van der Waals surface area contributed by atoms with Crippen molar-refractivity contribution in [2.75, 3.05) is 0 Å². The minimum atomic E-state index is -4.50. The van der Waals surface area contributed by atoms with E-state index in [0.717, 1.165) is 82.5 Å². The maximum Gasteiger partial charge on any atom is 2.00 e. The summed E-state index contributed by atoms with van der Waals surface area (Å²) in [5.74, 6) is 0. The molecule has 0 aromatic carbocycles. The molecule has 0 radical (unpaired) electrons. The molecule has 0 atom stereocenters. The van der Waals surface area contributed by atoms with Gasteiger partial charge >= 0.3 is 25.7 Å². The SMILES string of the molecule is CC/C=C/c1ccnc(-c2cc(CC)cc(-c3cc(/C=C/CC)ccn3)n2)c1.CCCCCCc1ccsc1-c1ccnc(-c2cc(C(F)(F)F)n[n-]2)c1.[N-]=C=S.[Ru+2]. The monoisotopic (exact) mass is 907 g/mol. The summed E-state index contributed by atoms with van der Waals surface area (Å²) in [7, 11) is 0. The third-order valence-electron chi connectivity index (χ3n) is 8.64. The Morgan fingerprint density at radius 2 is 1.34 bits per heavy atom. The number of allylic oxidation sites excluding steroid dienone is 2. The summed E-state index contributed by atoms with van der Waals surface area (Å²) in [5.41, 5.74) is 8.82. The smallest absolute Gasteiger partial charge is 0.753 e. The number of aromatic nitrogens is 6. The van der Waals surface area contributed by atoms with Gasteiger partial charge in [0.05, 0.1) is 28.5 Å². The summed E-state index contributed by atoms with van der Waals surface area (Å²) in [5, 5.41) is 17.4. The molecule has 0 aliphatic heterocycles. The molecule has 6 heterocycles. The van der Waals surface area contributed by atoms with Crippen LogP contribution in [0.5, 0.6) is 0 Å². The van der Waals surface area contributed by atoms with Gasteiger partial charge in [0.1, 0.15) is 5.69 Å². The van der Waals surface area contributed by atoms with Gasteiger partial charge in [0.2, 0.25) is 0 Å². The molecule has 0 saturated heterocycles. The predicted molar refractivity (Wildman–Crippen MR) is 232 cm³/mol. The molecule has 302 valence electrons. The van der Waals surface area contributed by atoms with E-state index < -0.39 is 11.9 Å². The number of hydrogen-bond acceptors (Lipinski definition) is 7. The first-order valence-electron chi connectivity index (χ1n) is 19.0. The average Bonchev–Trinajstić information content (AvgIpc) is 3.93. The number of rotatable bonds is 14. The number of hydrogen-bond donors (Lipinski definition) is 0. The summed E-state index contributed by atoms with van der Waals surface area (Å²) in [6.45, 7) is 8.61. The van der Waals surface area contributed by atoms with Crippen molar-refractivity contribution in [2.24, 2.45) is 0 Å². The number of thiophene rings is 1. The zero-order valence-electron chi connectivity index (χ0n) is 33.0. The third-order valence-corrected chi connectivity index (χ3v) is 9.64. The number of isothiocyanates is 1. The van der Waals surface area contributed by atoms with Gasteiger partial charge in [-0.2, -0.15) is 18.3 Å². The molecule has 0 aliphatic rings. The fourth-order valence-corrected chi connectivity index (χ4v) is 6.69. The number of halogens is 3. The van der Waals surface area contributed by atoms with Crippen LogP contribution in [0.25, 0.3) is 62.2 Å². The van der Waals surface area contributed by atoms with E-state index in [-0.39, 0.29) is 25.2 Å². The van der Waals surface area contributed by atoms with Crippen LogP contribution in [-0.4, -0.2) is 30.2 Å². The van der Waals surface area contributed by atoms with Crippen molar-refractivity contribution in [3.8, 4) is 44.6 Å². The molecule has 6 aromatic heterocycles. The quantitative estimate of drug-likeness (QED) is 0.0464. The second kappa shape index (κ2) is 24.9. The number of unbranched alkanes of at least 4 members (excludes halogenated alkanes) is 3. The topological polar surface area (TPSA) is 101 Å². The minimum Gasteiger partial charge on any atom is -0.753 e. The molecule has 0 N–H and O–H groups in total. The molecule has 13 heteroatoms. The van der Waals surface area contributed by atoms with Crippen LogP contribution in [0.3, 0.4) is 0 Å². The Hall–Kier alpha value is -4.80. The van der Waals surface area contributed by atoms with Crippen LogP contribution >= 0.6 is 23.6 Å². The van der Waals surface area contributed by atoms with Crippen LogP contribution in [0.4, 0.5) is 13.2 Å². The van der Waals surface area contributed by atoms with Crippen LogP contribution in [0, 0.1) is 0 Å². The minimum absolute atomic E-state index is 0. The van der Waals surface area contributed by atoms with Crippen molar-refractivity contribution in [1.29, 1.82) is 0 Å². The Morgan fingerprint density at radius 1 is 0.759 bits per heavy atom. The van der Waals surface area contributed by atoms with E-state index in [4.69, 9.17) is 10.4 Å². The molecule has 0 spiro atoms. The van der Waals surface area contributed by atoms with E-state index >= 15 is 0 Å². The predicted octanol–water partition coefficient (Wildman–Crippen LogP) is 13.2. The zero-order valence-corrected chi connectivity index (χ0v) is 36.4. The normalized spacial score (nSPS) is 11.0. The zero-order chi connectivity index (χ0) is 41.0. The molecule has 6 rings (SSSR count). The van der Waals surface area contributed by atoms with Gasteiger partial charge in [0.25, 0.3) is 0 Å². The summed E-state index contributed by atoms with van der Waals surface area (Å²) < 4.78 is 38.2. The van der Waals surface area contributed by atoms with Gasteiger partial charge in [-0.1, -0.05) is 89.2 Å². The Balaban J connectivity index is 0.000000287. The van der Waals surface area contributed by atoms with Gasteiger partial charge in [0, 0.05) is 23.5 Å². The summed E-state index contributed by atoms with van der Waals surface area (Å²) in [6.07, 6.45) is 18.1. The standard InChI is InChI=1S/C25H27N3.C19H19F3N3S.CNS.Ru/c1-4-7-9-20-11-13-26-22(17-20)24-15-19(6-3)16-25(28-24)23-18-21(10-8-5-2)12-14-27-23;1-2-3-4-5-6-13-8-10-26-18(13)14-7-9-23-15(11-14)16-12-17(25-24-16)19(20,21)22;2-1-3;/h7-18H,4-6H2,1-3H3;7-12H,2-6H2,1H3;;/q;2*-1;+2/b9-7+,10-8+;;;. The summed E-state index contributed by atoms with van der Waals surface area (Å²) >= 11 is 5.34. The van der Waals surface area contributed by atoms with Crippen LogP contribution in [0.2, 0.25) is 0 Å². The maximum absolute atomic E-state index is 12.7. The molecule has 0 amide bonds. The van der Waals surface area contributed by atoms with Gasteiger partial charge in [0.15, 0.2) is 0 Å². The van der Waals surface area contributed by atoms with E-state index in [9.17, 15) is 13.2 Å². The second-order valence-corrected chi connectivity index (χ2v) is 14.0. The van der Waals surface area contributed by atoms with Gasteiger partial charge in [-0.15, -0.1) is 11.3 Å². The van der Waals surface area contributed by atoms with E-state index in [1.54, 1.807) is 23.6 Å². The summed E-state index contributed by atoms with van der Waals surface area (Å²) in [6, 6.07) is 19.2. The fourth-order valence-electron chi connectivity index (χ4n) is 5.74. The Labute approximate surface area is 361 Å². The van der Waals surface area contributed by atoms with Crippen LogP contribution in [-0.2, 0) is 38.5 Å². The Morgan fingerprint density at radius 3 is 1.88 bits per heavy atom. The van der Waals surface area contributed by atoms with Crippen molar-refractivity contribution in [2.45, 2.75) is 85.2 Å². The molecule has 7 nitrogen and oxygen atoms in total. The van der Waals surface area contributed by atoms with E-state index in [1.165, 1.54) is 35.6 Å². The molecular formula is C45H46F3N7RuS2. The first-order valence-corrected chi connectivity index (χ1v) is 20.3. The molecule has 0 unspecified atom stereocenters. The van der Waals surface area contributed by atoms with E-state index in [2.05, 4.69) is 125 Å². The molecule has 0 aliphatic carbocycles. The Bertz CT molecular complexity index is 2180. The first kappa shape index (κ1) is 47.6. The van der Waals surface area contributed by atoms with Gasteiger partial charge in [-0.25, -0.2) is 4.98 Å². The van der Waals surface area contributed by atoms with Crippen molar-refractivity contribution in [3.63, 3.8) is 0 Å². The van der Waals surface area contributed by atoms with Gasteiger partial charge < -0.3 is 15.6 Å². The van der Waals surface area contributed by atoms with Gasteiger partial charge in [-0.3, -0.25) is 15.0 Å². The number of alkyl halides is 3. The van der Waals surface area contributed by atoms with Crippen molar-refractivity contribution < 1.29 is 32.6 Å². The number of nitrogens with zero attached hydrogens (tertiary/aromatic N) is 7. The van der Waals surface area contributed by atoms with Crippen LogP contribution in [0.15, 0.2) is 96.8 Å². The largest absolute Gasteiger partial charge is 2.00 e. The number of pyridine rings is 4. The van der Waals surface area contributed by atoms with E-state index in [0.29, 0.717) is 5.69 Å². The van der Waals surface area contributed by atoms with Gasteiger partial charge in [-0.05, 0) is 126 Å². The number of thiocarbonyl (C=S) groups is 1. The molecular weight excluding hydrogens is 861 g/mol. The van der Waals surface area contributed by atoms with Crippen molar-refractivity contribution in [1.82, 2.24) is 30.1 Å². The first-order chi connectivity index (χ1) is 27.6. The van der Waals surface area contributed by atoms with Crippen LogP contribution < -0.4 is 5.10 Å². The molecule has 0 bridgehead atoms. The molecule has 6 aromatic rings. The van der Waals surface area contributed by atoms with Crippen molar-refractivity contribution in [3.05, 3.63) is 130 Å². The maximum atomic E-state index is 12.7. The average molecular weight is 907 g/mol. The number of aryl methyl sites for hydroxylation is 2. The fraction of sp³-hybridized carbons (Fsp3) is 0.289. The van der Waals surface area contributed by atoms with Crippen molar-refractivity contribution >= 4 is 40.9 Å². The summed E-state index contributed by atoms with van der Waals surface area (Å²) in [4.78, 5) is 19.3. The third kappa shape index (κ3) is 14.5. The molecule has 58 heavy (non-hydrogen) atoms. The second-order valence-electron chi connectivity index (χ2n) is 12.9. The van der Waals surface area contributed by atoms with E-state index in [1.807, 2.05) is 30.6 Å². The van der Waals surface area contributed by atoms with Crippen LogP contribution in [0.1, 0.15) is 94.2 Å².